The van der Waals surface area contributed by atoms with Crippen molar-refractivity contribution in [2.45, 2.75) is 6.92 Å². The summed E-state index contributed by atoms with van der Waals surface area (Å²) in [7, 11) is 0. The Morgan fingerprint density at radius 1 is 2.00 bits per heavy atom. The van der Waals surface area contributed by atoms with Gasteiger partial charge in [-0.2, -0.15) is 5.10 Å². The van der Waals surface area contributed by atoms with E-state index in [4.69, 9.17) is 5.11 Å². The van der Waals surface area contributed by atoms with Crippen LogP contribution < -0.4 is 5.84 Å². The Bertz CT molecular complexity index is 111. The molecular weight excluding hydrogens is 108 g/mol. The first kappa shape index (κ1) is 6.94. The largest absolute Gasteiger partial charge is 0.481 e. The Labute approximate surface area is 47.0 Å². The fourth-order valence-electron chi connectivity index (χ4n) is 0.193. The van der Waals surface area contributed by atoms with Crippen molar-refractivity contribution in [2.75, 3.05) is 0 Å². The number of aliphatic carboxylic acids is 1. The second-order valence-electron chi connectivity index (χ2n) is 1.43. The van der Waals surface area contributed by atoms with Crippen LogP contribution in [-0.4, -0.2) is 17.3 Å². The van der Waals surface area contributed by atoms with Crippen LogP contribution in [0, 0.1) is 5.92 Å². The number of nitrogens with two attached hydrogens (primary N) is 1. The fourth-order valence-corrected chi connectivity index (χ4v) is 0.193. The number of hydrogen-bond acceptors (Lipinski definition) is 3. The molecule has 0 aromatic carbocycles. The Hall–Kier alpha value is -1.06. The van der Waals surface area contributed by atoms with E-state index in [0.717, 1.165) is 0 Å². The summed E-state index contributed by atoms with van der Waals surface area (Å²) in [5.41, 5.74) is 0. The van der Waals surface area contributed by atoms with E-state index < -0.39 is 11.9 Å². The summed E-state index contributed by atoms with van der Waals surface area (Å²) in [6.45, 7) is 1.50. The first-order valence-corrected chi connectivity index (χ1v) is 2.14. The molecule has 0 radical (unpaired) electrons. The van der Waals surface area contributed by atoms with Crippen molar-refractivity contribution in [1.82, 2.24) is 0 Å². The Morgan fingerprint density at radius 3 is 2.62 bits per heavy atom. The van der Waals surface area contributed by atoms with Gasteiger partial charge < -0.3 is 10.9 Å². The number of nitrogens with zero attached hydrogens (tertiary/aromatic N) is 1. The van der Waals surface area contributed by atoms with Crippen LogP contribution in [0.3, 0.4) is 0 Å². The van der Waals surface area contributed by atoms with E-state index in [1.54, 1.807) is 0 Å². The molecule has 0 aromatic heterocycles. The Morgan fingerprint density at radius 2 is 2.50 bits per heavy atom. The third-order valence-electron chi connectivity index (χ3n) is 0.699. The van der Waals surface area contributed by atoms with E-state index in [9.17, 15) is 4.79 Å². The van der Waals surface area contributed by atoms with Crippen molar-refractivity contribution in [2.24, 2.45) is 16.9 Å². The van der Waals surface area contributed by atoms with Crippen molar-refractivity contribution < 1.29 is 9.90 Å². The minimum Gasteiger partial charge on any atom is -0.481 e. The van der Waals surface area contributed by atoms with E-state index >= 15 is 0 Å². The molecule has 4 nitrogen and oxygen atoms in total. The minimum atomic E-state index is -0.917. The monoisotopic (exact) mass is 116 g/mol. The third-order valence-corrected chi connectivity index (χ3v) is 0.699. The first-order valence-electron chi connectivity index (χ1n) is 2.14. The maximum atomic E-state index is 9.94. The zero-order valence-corrected chi connectivity index (χ0v) is 4.53. The highest BCUT2D eigenvalue weighted by molar-refractivity contribution is 5.87. The highest BCUT2D eigenvalue weighted by atomic mass is 16.4. The molecule has 3 N–H and O–H groups in total. The topological polar surface area (TPSA) is 75.7 Å². The van der Waals surface area contributed by atoms with Gasteiger partial charge in [-0.3, -0.25) is 4.79 Å². The molecule has 0 amide bonds. The van der Waals surface area contributed by atoms with Crippen molar-refractivity contribution in [1.29, 1.82) is 0 Å². The smallest absolute Gasteiger partial charge is 0.311 e. The van der Waals surface area contributed by atoms with Gasteiger partial charge in [-0.15, -0.1) is 0 Å². The number of hydrazone groups is 1. The summed E-state index contributed by atoms with van der Waals surface area (Å²) in [6.07, 6.45) is 1.17. The molecular formula is C4H8N2O2. The molecule has 0 saturated heterocycles. The van der Waals surface area contributed by atoms with Crippen molar-refractivity contribution in [3.05, 3.63) is 0 Å². The predicted molar refractivity (Wildman–Crippen MR) is 29.5 cm³/mol. The van der Waals surface area contributed by atoms with Crippen LogP contribution in [-0.2, 0) is 4.79 Å². The zero-order chi connectivity index (χ0) is 6.57. The van der Waals surface area contributed by atoms with E-state index in [0.29, 0.717) is 0 Å². The normalized spacial score (nSPS) is 14.1. The van der Waals surface area contributed by atoms with Gasteiger partial charge in [0.2, 0.25) is 0 Å². The number of carbonyl (C=O) groups is 1. The van der Waals surface area contributed by atoms with Gasteiger partial charge in [0.25, 0.3) is 0 Å². The number of carboxylic acids is 1. The highest BCUT2D eigenvalue weighted by Gasteiger charge is 2.05. The van der Waals surface area contributed by atoms with Gasteiger partial charge in [-0.1, -0.05) is 0 Å². The van der Waals surface area contributed by atoms with Gasteiger partial charge in [0.05, 0.1) is 5.92 Å². The lowest BCUT2D eigenvalue weighted by Crippen LogP contribution is -2.11. The molecule has 8 heavy (non-hydrogen) atoms. The molecule has 1 unspecified atom stereocenters. The third kappa shape index (κ3) is 2.17. The van der Waals surface area contributed by atoms with Gasteiger partial charge in [0.15, 0.2) is 0 Å². The van der Waals surface area contributed by atoms with Crippen molar-refractivity contribution in [3.63, 3.8) is 0 Å². The molecule has 0 rings (SSSR count). The summed E-state index contributed by atoms with van der Waals surface area (Å²) in [6, 6.07) is 0. The van der Waals surface area contributed by atoms with Crippen LogP contribution in [0.4, 0.5) is 0 Å². The average Bonchev–Trinajstić information content (AvgIpc) is 1.67. The maximum absolute atomic E-state index is 9.94. The Kier molecular flexibility index (Phi) is 2.61. The molecule has 1 atom stereocenters. The predicted octanol–water partition coefficient (Wildman–Crippen LogP) is -0.348. The van der Waals surface area contributed by atoms with Gasteiger partial charge >= 0.3 is 5.97 Å². The van der Waals surface area contributed by atoms with Gasteiger partial charge in [0.1, 0.15) is 0 Å². The number of hydrogen-bond donors (Lipinski definition) is 2. The van der Waals surface area contributed by atoms with Gasteiger partial charge in [-0.05, 0) is 6.92 Å². The van der Waals surface area contributed by atoms with E-state index in [-0.39, 0.29) is 0 Å². The van der Waals surface area contributed by atoms with Crippen molar-refractivity contribution in [3.8, 4) is 0 Å². The summed E-state index contributed by atoms with van der Waals surface area (Å²) < 4.78 is 0. The first-order chi connectivity index (χ1) is 3.68. The second kappa shape index (κ2) is 3.01. The average molecular weight is 116 g/mol. The molecule has 0 aliphatic carbocycles. The fraction of sp³-hybridized carbons (Fsp3) is 0.500. The van der Waals surface area contributed by atoms with Crippen LogP contribution in [0.1, 0.15) is 6.92 Å². The van der Waals surface area contributed by atoms with Crippen LogP contribution in [0.2, 0.25) is 0 Å². The number of rotatable bonds is 2. The standard InChI is InChI=1S/C4H8N2O2/c1-3(2-6-5)4(7)8/h2-3H,5H2,1H3,(H,7,8). The molecule has 0 bridgehead atoms. The quantitative estimate of drug-likeness (QED) is 0.294. The number of carboxylic acid groups (broad SMARTS) is 1. The second-order valence-corrected chi connectivity index (χ2v) is 1.43. The van der Waals surface area contributed by atoms with Crippen LogP contribution in [0.5, 0.6) is 0 Å². The SMILES string of the molecule is CC(C=NN)C(=O)O. The lowest BCUT2D eigenvalue weighted by atomic mass is 10.2. The Balaban J connectivity index is 3.64. The molecule has 46 valence electrons. The van der Waals surface area contributed by atoms with Crippen LogP contribution in [0.15, 0.2) is 5.10 Å². The molecule has 4 heteroatoms. The summed E-state index contributed by atoms with van der Waals surface area (Å²) in [5.74, 6) is 3.17. The molecule has 0 fully saturated rings. The molecule has 0 aromatic rings. The minimum absolute atomic E-state index is 0.583. The van der Waals surface area contributed by atoms with Crippen LogP contribution in [0.25, 0.3) is 0 Å². The van der Waals surface area contributed by atoms with E-state index in [1.807, 2.05) is 0 Å². The highest BCUT2D eigenvalue weighted by Crippen LogP contribution is 1.86. The summed E-state index contributed by atoms with van der Waals surface area (Å²) in [4.78, 5) is 9.94. The van der Waals surface area contributed by atoms with E-state index in [2.05, 4.69) is 10.9 Å². The molecule has 0 aliphatic rings. The lowest BCUT2D eigenvalue weighted by molar-refractivity contribution is -0.138. The van der Waals surface area contributed by atoms with Crippen molar-refractivity contribution >= 4 is 12.2 Å². The lowest BCUT2D eigenvalue weighted by Gasteiger charge is -1.92. The zero-order valence-electron chi connectivity index (χ0n) is 4.53. The molecule has 0 heterocycles. The van der Waals surface area contributed by atoms with Gasteiger partial charge in [-0.25, -0.2) is 0 Å². The van der Waals surface area contributed by atoms with Crippen LogP contribution >= 0.6 is 0 Å². The summed E-state index contributed by atoms with van der Waals surface area (Å²) >= 11 is 0. The summed E-state index contributed by atoms with van der Waals surface area (Å²) in [5, 5.41) is 11.2. The molecule has 0 aliphatic heterocycles. The molecule has 0 saturated carbocycles. The van der Waals surface area contributed by atoms with E-state index in [1.165, 1.54) is 13.1 Å². The molecule has 0 spiro atoms. The maximum Gasteiger partial charge on any atom is 0.311 e. The van der Waals surface area contributed by atoms with Gasteiger partial charge in [0, 0.05) is 6.21 Å².